The SMILES string of the molecule is CC(=O)c1cc(OCc2ccnc(F)c2)ccc1O. The van der Waals surface area contributed by atoms with Crippen molar-refractivity contribution >= 4 is 5.78 Å². The number of benzene rings is 1. The molecule has 1 heterocycles. The van der Waals surface area contributed by atoms with Gasteiger partial charge in [0.15, 0.2) is 5.78 Å². The second kappa shape index (κ2) is 5.48. The lowest BCUT2D eigenvalue weighted by molar-refractivity contribution is 0.101. The molecule has 0 unspecified atom stereocenters. The molecule has 0 saturated carbocycles. The number of rotatable bonds is 4. The number of carbonyl (C=O) groups excluding carboxylic acids is 1. The molecule has 0 saturated heterocycles. The van der Waals surface area contributed by atoms with Crippen LogP contribution in [0.1, 0.15) is 22.8 Å². The van der Waals surface area contributed by atoms with Gasteiger partial charge < -0.3 is 9.84 Å². The topological polar surface area (TPSA) is 59.4 Å². The summed E-state index contributed by atoms with van der Waals surface area (Å²) in [6.07, 6.45) is 1.35. The number of ether oxygens (including phenoxy) is 1. The van der Waals surface area contributed by atoms with Gasteiger partial charge in [-0.05, 0) is 42.8 Å². The number of ketones is 1. The first-order chi connectivity index (χ1) is 9.06. The number of Topliss-reactive ketones (excluding diaryl/α,β-unsaturated/α-hetero) is 1. The predicted octanol–water partition coefficient (Wildman–Crippen LogP) is 2.71. The first kappa shape index (κ1) is 13.0. The highest BCUT2D eigenvalue weighted by atomic mass is 19.1. The number of hydrogen-bond acceptors (Lipinski definition) is 4. The molecule has 1 aromatic heterocycles. The Hall–Kier alpha value is -2.43. The number of phenols is 1. The van der Waals surface area contributed by atoms with Gasteiger partial charge in [-0.3, -0.25) is 4.79 Å². The lowest BCUT2D eigenvalue weighted by Gasteiger charge is -2.08. The fourth-order valence-corrected chi connectivity index (χ4v) is 1.59. The van der Waals surface area contributed by atoms with Gasteiger partial charge in [0.2, 0.25) is 5.95 Å². The van der Waals surface area contributed by atoms with E-state index in [9.17, 15) is 14.3 Å². The van der Waals surface area contributed by atoms with Gasteiger partial charge >= 0.3 is 0 Å². The summed E-state index contributed by atoms with van der Waals surface area (Å²) in [5.41, 5.74) is 0.823. The Morgan fingerprint density at radius 3 is 2.84 bits per heavy atom. The molecule has 0 radical (unpaired) electrons. The van der Waals surface area contributed by atoms with E-state index in [0.717, 1.165) is 0 Å². The van der Waals surface area contributed by atoms with Crippen LogP contribution >= 0.6 is 0 Å². The normalized spacial score (nSPS) is 10.2. The van der Waals surface area contributed by atoms with Gasteiger partial charge in [-0.1, -0.05) is 0 Å². The van der Waals surface area contributed by atoms with Crippen molar-refractivity contribution in [3.8, 4) is 11.5 Å². The quantitative estimate of drug-likeness (QED) is 0.679. The Bertz CT molecular complexity index is 613. The van der Waals surface area contributed by atoms with Gasteiger partial charge in [-0.25, -0.2) is 4.98 Å². The van der Waals surface area contributed by atoms with E-state index in [4.69, 9.17) is 4.74 Å². The third-order valence-corrected chi connectivity index (χ3v) is 2.54. The summed E-state index contributed by atoms with van der Waals surface area (Å²) in [5.74, 6) is -0.482. The molecule has 4 nitrogen and oxygen atoms in total. The second-order valence-electron chi connectivity index (χ2n) is 4.01. The lowest BCUT2D eigenvalue weighted by atomic mass is 10.1. The van der Waals surface area contributed by atoms with Crippen molar-refractivity contribution in [1.82, 2.24) is 4.98 Å². The van der Waals surface area contributed by atoms with E-state index in [1.54, 1.807) is 12.1 Å². The van der Waals surface area contributed by atoms with E-state index in [2.05, 4.69) is 4.98 Å². The molecule has 0 aliphatic carbocycles. The number of aromatic nitrogens is 1. The van der Waals surface area contributed by atoms with Crippen molar-refractivity contribution < 1.29 is 19.0 Å². The van der Waals surface area contributed by atoms with Crippen molar-refractivity contribution in [2.45, 2.75) is 13.5 Å². The molecule has 0 atom stereocenters. The zero-order chi connectivity index (χ0) is 13.8. The molecule has 0 bridgehead atoms. The Labute approximate surface area is 109 Å². The summed E-state index contributed by atoms with van der Waals surface area (Å²) in [7, 11) is 0. The van der Waals surface area contributed by atoms with Crippen molar-refractivity contribution in [2.24, 2.45) is 0 Å². The maximum Gasteiger partial charge on any atom is 0.213 e. The number of aromatic hydroxyl groups is 1. The first-order valence-corrected chi connectivity index (χ1v) is 5.63. The molecule has 0 aliphatic rings. The fourth-order valence-electron chi connectivity index (χ4n) is 1.59. The third kappa shape index (κ3) is 3.28. The van der Waals surface area contributed by atoms with Crippen LogP contribution < -0.4 is 4.74 Å². The highest BCUT2D eigenvalue weighted by Crippen LogP contribution is 2.24. The summed E-state index contributed by atoms with van der Waals surface area (Å²) >= 11 is 0. The molecule has 98 valence electrons. The van der Waals surface area contributed by atoms with Crippen molar-refractivity contribution in [3.63, 3.8) is 0 Å². The highest BCUT2D eigenvalue weighted by Gasteiger charge is 2.08. The van der Waals surface area contributed by atoms with Gasteiger partial charge in [0.25, 0.3) is 0 Å². The molecule has 0 spiro atoms. The smallest absolute Gasteiger partial charge is 0.213 e. The standard InChI is InChI=1S/C14H12FNO3/c1-9(17)12-7-11(2-3-13(12)18)19-8-10-4-5-16-14(15)6-10/h2-7,18H,8H2,1H3. The van der Waals surface area contributed by atoms with E-state index in [0.29, 0.717) is 11.3 Å². The Kier molecular flexibility index (Phi) is 3.75. The van der Waals surface area contributed by atoms with Gasteiger partial charge in [-0.2, -0.15) is 4.39 Å². The molecular formula is C14H12FNO3. The summed E-state index contributed by atoms with van der Waals surface area (Å²) in [4.78, 5) is 14.7. The summed E-state index contributed by atoms with van der Waals surface area (Å²) in [6, 6.07) is 7.29. The van der Waals surface area contributed by atoms with Gasteiger partial charge in [0, 0.05) is 6.20 Å². The van der Waals surface area contributed by atoms with Crippen LogP contribution in [0.15, 0.2) is 36.5 Å². The largest absolute Gasteiger partial charge is 0.507 e. The van der Waals surface area contributed by atoms with Gasteiger partial charge in [-0.15, -0.1) is 0 Å². The molecular weight excluding hydrogens is 249 g/mol. The highest BCUT2D eigenvalue weighted by molar-refractivity contribution is 5.97. The average molecular weight is 261 g/mol. The summed E-state index contributed by atoms with van der Waals surface area (Å²) in [6.45, 7) is 1.51. The van der Waals surface area contributed by atoms with E-state index >= 15 is 0 Å². The Morgan fingerprint density at radius 1 is 1.37 bits per heavy atom. The van der Waals surface area contributed by atoms with Crippen LogP contribution in [0.25, 0.3) is 0 Å². The second-order valence-corrected chi connectivity index (χ2v) is 4.01. The minimum atomic E-state index is -0.573. The molecule has 2 aromatic rings. The van der Waals surface area contributed by atoms with Crippen LogP contribution in [0.3, 0.4) is 0 Å². The van der Waals surface area contributed by atoms with Crippen LogP contribution in [0, 0.1) is 5.95 Å². The van der Waals surface area contributed by atoms with Crippen molar-refractivity contribution in [3.05, 3.63) is 53.6 Å². The Morgan fingerprint density at radius 2 is 2.16 bits per heavy atom. The molecule has 0 amide bonds. The van der Waals surface area contributed by atoms with Gasteiger partial charge in [0.05, 0.1) is 5.56 Å². The molecule has 1 N–H and O–H groups in total. The molecule has 0 aliphatic heterocycles. The van der Waals surface area contributed by atoms with E-state index in [-0.39, 0.29) is 23.7 Å². The van der Waals surface area contributed by atoms with Crippen LogP contribution in [0.5, 0.6) is 11.5 Å². The molecule has 2 rings (SSSR count). The average Bonchev–Trinajstić information content (AvgIpc) is 2.37. The van der Waals surface area contributed by atoms with E-state index < -0.39 is 5.95 Å². The molecule has 5 heteroatoms. The lowest BCUT2D eigenvalue weighted by Crippen LogP contribution is -1.99. The monoisotopic (exact) mass is 261 g/mol. The minimum absolute atomic E-state index is 0.0881. The van der Waals surface area contributed by atoms with Gasteiger partial charge in [0.1, 0.15) is 18.1 Å². The van der Waals surface area contributed by atoms with Crippen LogP contribution in [0.2, 0.25) is 0 Å². The maximum absolute atomic E-state index is 12.9. The minimum Gasteiger partial charge on any atom is -0.507 e. The van der Waals surface area contributed by atoms with Crippen LogP contribution in [0.4, 0.5) is 4.39 Å². The van der Waals surface area contributed by atoms with Crippen LogP contribution in [-0.4, -0.2) is 15.9 Å². The Balaban J connectivity index is 2.12. The first-order valence-electron chi connectivity index (χ1n) is 5.63. The third-order valence-electron chi connectivity index (χ3n) is 2.54. The number of carbonyl (C=O) groups is 1. The number of halogens is 1. The predicted molar refractivity (Wildman–Crippen MR) is 66.6 cm³/mol. The number of phenolic OH excluding ortho intramolecular Hbond substituents is 1. The van der Waals surface area contributed by atoms with E-state index in [1.165, 1.54) is 31.3 Å². The number of pyridine rings is 1. The number of nitrogens with zero attached hydrogens (tertiary/aromatic N) is 1. The molecule has 19 heavy (non-hydrogen) atoms. The molecule has 1 aromatic carbocycles. The van der Waals surface area contributed by atoms with Crippen molar-refractivity contribution in [1.29, 1.82) is 0 Å². The maximum atomic E-state index is 12.9. The van der Waals surface area contributed by atoms with E-state index in [1.807, 2.05) is 0 Å². The summed E-state index contributed by atoms with van der Waals surface area (Å²) < 4.78 is 18.3. The fraction of sp³-hybridized carbons (Fsp3) is 0.143. The number of hydrogen-bond donors (Lipinski definition) is 1. The van der Waals surface area contributed by atoms with Crippen molar-refractivity contribution in [2.75, 3.05) is 0 Å². The zero-order valence-corrected chi connectivity index (χ0v) is 10.3. The molecule has 0 fully saturated rings. The summed E-state index contributed by atoms with van der Waals surface area (Å²) in [5, 5.41) is 9.49. The zero-order valence-electron chi connectivity index (χ0n) is 10.3. The van der Waals surface area contributed by atoms with Crippen LogP contribution in [-0.2, 0) is 6.61 Å².